The molecule has 0 aliphatic heterocycles. The second-order valence-electron chi connectivity index (χ2n) is 3.53. The van der Waals surface area contributed by atoms with Gasteiger partial charge in [0.05, 0.1) is 11.7 Å². The van der Waals surface area contributed by atoms with Crippen LogP contribution in [-0.2, 0) is 9.63 Å². The van der Waals surface area contributed by atoms with Crippen molar-refractivity contribution in [2.75, 3.05) is 0 Å². The Labute approximate surface area is 72.5 Å². The van der Waals surface area contributed by atoms with E-state index in [0.29, 0.717) is 0 Å². The molecular formula is C8H14N2O2. The highest BCUT2D eigenvalue weighted by Gasteiger charge is 2.16. The Bertz CT molecular complexity index is 200. The lowest BCUT2D eigenvalue weighted by atomic mass is 10.2. The van der Waals surface area contributed by atoms with E-state index in [4.69, 9.17) is 10.1 Å². The number of nitrogens with one attached hydrogen (secondary N) is 1. The molecule has 0 radical (unpaired) electrons. The van der Waals surface area contributed by atoms with E-state index in [2.05, 4.69) is 5.48 Å². The molecule has 0 aliphatic rings. The maximum absolute atomic E-state index is 11.0. The molecule has 0 saturated heterocycles. The number of hydrogen-bond donors (Lipinski definition) is 1. The molecule has 0 rings (SSSR count). The van der Waals surface area contributed by atoms with Gasteiger partial charge in [-0.25, -0.2) is 5.48 Å². The summed E-state index contributed by atoms with van der Waals surface area (Å²) in [5.41, 5.74) is 1.79. The van der Waals surface area contributed by atoms with Crippen molar-refractivity contribution in [2.24, 2.45) is 5.92 Å². The Morgan fingerprint density at radius 1 is 1.58 bits per heavy atom. The Morgan fingerprint density at radius 3 is 2.42 bits per heavy atom. The second-order valence-corrected chi connectivity index (χ2v) is 3.53. The number of nitrogens with zero attached hydrogens (tertiary/aromatic N) is 1. The van der Waals surface area contributed by atoms with E-state index in [1.807, 2.05) is 26.8 Å². The van der Waals surface area contributed by atoms with E-state index in [-0.39, 0.29) is 0 Å². The summed E-state index contributed by atoms with van der Waals surface area (Å²) >= 11 is 0. The van der Waals surface area contributed by atoms with Crippen molar-refractivity contribution in [3.8, 4) is 6.07 Å². The minimum Gasteiger partial charge on any atom is -0.271 e. The van der Waals surface area contributed by atoms with Crippen LogP contribution >= 0.6 is 0 Å². The smallest absolute Gasteiger partial charge is 0.260 e. The summed E-state index contributed by atoms with van der Waals surface area (Å²) < 4.78 is 0. The molecule has 0 aromatic rings. The van der Waals surface area contributed by atoms with E-state index in [9.17, 15) is 4.79 Å². The molecule has 68 valence electrons. The van der Waals surface area contributed by atoms with Crippen LogP contribution in [0.5, 0.6) is 0 Å². The molecule has 0 aromatic heterocycles. The van der Waals surface area contributed by atoms with Gasteiger partial charge in [-0.1, -0.05) is 0 Å². The van der Waals surface area contributed by atoms with Crippen LogP contribution in [0.25, 0.3) is 0 Å². The third-order valence-corrected chi connectivity index (χ3v) is 1.04. The van der Waals surface area contributed by atoms with Gasteiger partial charge in [0.25, 0.3) is 5.91 Å². The molecule has 12 heavy (non-hydrogen) atoms. The summed E-state index contributed by atoms with van der Waals surface area (Å²) in [5, 5.41) is 8.37. The molecule has 0 aliphatic carbocycles. The first-order valence-electron chi connectivity index (χ1n) is 3.74. The number of amides is 1. The number of carbonyl (C=O) groups excluding carboxylic acids is 1. The lowest BCUT2D eigenvalue weighted by molar-refractivity contribution is -0.147. The predicted molar refractivity (Wildman–Crippen MR) is 43.8 cm³/mol. The molecule has 1 N–H and O–H groups in total. The van der Waals surface area contributed by atoms with Crippen molar-refractivity contribution in [1.29, 1.82) is 5.26 Å². The van der Waals surface area contributed by atoms with Crippen molar-refractivity contribution < 1.29 is 9.63 Å². The second kappa shape index (κ2) is 4.07. The van der Waals surface area contributed by atoms with Gasteiger partial charge in [-0.15, -0.1) is 0 Å². The average Bonchev–Trinajstić information content (AvgIpc) is 1.97. The van der Waals surface area contributed by atoms with Crippen molar-refractivity contribution in [1.82, 2.24) is 5.48 Å². The highest BCUT2D eigenvalue weighted by Crippen LogP contribution is 2.04. The van der Waals surface area contributed by atoms with Gasteiger partial charge >= 0.3 is 0 Å². The maximum Gasteiger partial charge on any atom is 0.260 e. The standard InChI is InChI=1S/C8H14N2O2/c1-6(5-9)7(11)10-12-8(2,3)4/h6H,1-4H3,(H,10,11). The molecule has 0 bridgehead atoms. The summed E-state index contributed by atoms with van der Waals surface area (Å²) in [5.74, 6) is -1.08. The fraction of sp³-hybridized carbons (Fsp3) is 0.750. The van der Waals surface area contributed by atoms with Gasteiger partial charge in [-0.3, -0.25) is 9.63 Å². The van der Waals surface area contributed by atoms with Gasteiger partial charge < -0.3 is 0 Å². The summed E-state index contributed by atoms with van der Waals surface area (Å²) in [6.45, 7) is 6.94. The van der Waals surface area contributed by atoms with Crippen LogP contribution in [0, 0.1) is 17.2 Å². The van der Waals surface area contributed by atoms with Crippen molar-refractivity contribution in [3.63, 3.8) is 0 Å². The first-order valence-corrected chi connectivity index (χ1v) is 3.74. The fourth-order valence-electron chi connectivity index (χ4n) is 0.350. The zero-order valence-electron chi connectivity index (χ0n) is 7.84. The van der Waals surface area contributed by atoms with E-state index in [1.54, 1.807) is 0 Å². The van der Waals surface area contributed by atoms with E-state index in [0.717, 1.165) is 0 Å². The monoisotopic (exact) mass is 170 g/mol. The number of hydroxylamine groups is 1. The zero-order chi connectivity index (χ0) is 9.78. The quantitative estimate of drug-likeness (QED) is 0.628. The number of rotatable bonds is 2. The Kier molecular flexibility index (Phi) is 3.71. The van der Waals surface area contributed by atoms with Gasteiger partial charge in [0.1, 0.15) is 5.92 Å². The molecule has 1 unspecified atom stereocenters. The maximum atomic E-state index is 11.0. The molecule has 1 atom stereocenters. The van der Waals surface area contributed by atoms with Crippen LogP contribution in [0.3, 0.4) is 0 Å². The first kappa shape index (κ1) is 10.9. The number of hydrogen-bond acceptors (Lipinski definition) is 3. The van der Waals surface area contributed by atoms with Gasteiger partial charge in [0, 0.05) is 0 Å². The fourth-order valence-corrected chi connectivity index (χ4v) is 0.350. The lowest BCUT2D eigenvalue weighted by Gasteiger charge is -2.19. The summed E-state index contributed by atoms with van der Waals surface area (Å²) in [4.78, 5) is 15.9. The summed E-state index contributed by atoms with van der Waals surface area (Å²) in [6, 6.07) is 1.81. The highest BCUT2D eigenvalue weighted by molar-refractivity contribution is 5.79. The SMILES string of the molecule is CC(C#N)C(=O)NOC(C)(C)C. The van der Waals surface area contributed by atoms with Crippen LogP contribution in [0.2, 0.25) is 0 Å². The minimum absolute atomic E-state index is 0.410. The first-order chi connectivity index (χ1) is 5.37. The normalized spacial score (nSPS) is 13.2. The molecule has 4 nitrogen and oxygen atoms in total. The Morgan fingerprint density at radius 2 is 2.08 bits per heavy atom. The highest BCUT2D eigenvalue weighted by atomic mass is 16.7. The van der Waals surface area contributed by atoms with Crippen molar-refractivity contribution in [2.45, 2.75) is 33.3 Å². The Hall–Kier alpha value is -1.08. The van der Waals surface area contributed by atoms with Crippen LogP contribution < -0.4 is 5.48 Å². The molecular weight excluding hydrogens is 156 g/mol. The Balaban J connectivity index is 3.82. The van der Waals surface area contributed by atoms with Crippen LogP contribution in [0.4, 0.5) is 0 Å². The summed E-state index contributed by atoms with van der Waals surface area (Å²) in [6.07, 6.45) is 0. The van der Waals surface area contributed by atoms with E-state index in [1.165, 1.54) is 6.92 Å². The van der Waals surface area contributed by atoms with Crippen molar-refractivity contribution >= 4 is 5.91 Å². The van der Waals surface area contributed by atoms with Gasteiger partial charge in [0.2, 0.25) is 0 Å². The lowest BCUT2D eigenvalue weighted by Crippen LogP contribution is -2.36. The van der Waals surface area contributed by atoms with Crippen LogP contribution in [0.1, 0.15) is 27.7 Å². The van der Waals surface area contributed by atoms with E-state index < -0.39 is 17.4 Å². The zero-order valence-corrected chi connectivity index (χ0v) is 7.84. The molecule has 0 aromatic carbocycles. The molecule has 0 fully saturated rings. The molecule has 0 heterocycles. The molecule has 0 spiro atoms. The minimum atomic E-state index is -0.674. The van der Waals surface area contributed by atoms with Gasteiger partial charge in [-0.05, 0) is 27.7 Å². The predicted octanol–water partition coefficient (Wildman–Crippen LogP) is 0.992. The van der Waals surface area contributed by atoms with Crippen LogP contribution in [-0.4, -0.2) is 11.5 Å². The largest absolute Gasteiger partial charge is 0.271 e. The van der Waals surface area contributed by atoms with Gasteiger partial charge in [-0.2, -0.15) is 5.26 Å². The van der Waals surface area contributed by atoms with Crippen LogP contribution in [0.15, 0.2) is 0 Å². The van der Waals surface area contributed by atoms with E-state index >= 15 is 0 Å². The summed E-state index contributed by atoms with van der Waals surface area (Å²) in [7, 11) is 0. The molecule has 0 saturated carbocycles. The molecule has 4 heteroatoms. The third-order valence-electron chi connectivity index (χ3n) is 1.04. The third kappa shape index (κ3) is 4.69. The van der Waals surface area contributed by atoms with Gasteiger partial charge in [0.15, 0.2) is 0 Å². The average molecular weight is 170 g/mol. The number of nitriles is 1. The van der Waals surface area contributed by atoms with Crippen molar-refractivity contribution in [3.05, 3.63) is 0 Å². The molecule has 1 amide bonds. The topological polar surface area (TPSA) is 62.1 Å². The number of carbonyl (C=O) groups is 1.